The molecule has 0 radical (unpaired) electrons. The van der Waals surface area contributed by atoms with Crippen molar-refractivity contribution in [2.24, 2.45) is 0 Å². The van der Waals surface area contributed by atoms with E-state index in [0.29, 0.717) is 11.3 Å². The summed E-state index contributed by atoms with van der Waals surface area (Å²) in [6.07, 6.45) is 0. The highest BCUT2D eigenvalue weighted by molar-refractivity contribution is 6.45. The molecule has 0 aliphatic carbocycles. The fraction of sp³-hybridized carbons (Fsp3) is 0.500. The molecule has 0 heterocycles. The van der Waals surface area contributed by atoms with Crippen molar-refractivity contribution in [3.63, 3.8) is 0 Å². The lowest BCUT2D eigenvalue weighted by molar-refractivity contribution is -0.483. The molecule has 8 nitrogen and oxygen atoms in total. The lowest BCUT2D eigenvalue weighted by Gasteiger charge is -2.29. The second kappa shape index (κ2) is 9.22. The SMILES string of the molecule is CCOC(=O)C(Cl)(C(=O)OCC)[C@H](C[N+](=O)[O-])c1ccc(OC)cc1. The topological polar surface area (TPSA) is 105 Å². The van der Waals surface area contributed by atoms with Crippen LogP contribution in [0.3, 0.4) is 0 Å². The number of carbonyl (C=O) groups excluding carboxylic acids is 2. The first-order chi connectivity index (χ1) is 11.8. The zero-order valence-electron chi connectivity index (χ0n) is 14.2. The number of rotatable bonds is 9. The van der Waals surface area contributed by atoms with Gasteiger partial charge in [-0.1, -0.05) is 23.7 Å². The maximum atomic E-state index is 12.4. The van der Waals surface area contributed by atoms with E-state index in [9.17, 15) is 19.7 Å². The molecule has 0 aliphatic rings. The molecule has 0 aromatic heterocycles. The van der Waals surface area contributed by atoms with Crippen LogP contribution in [0.25, 0.3) is 0 Å². The van der Waals surface area contributed by atoms with Crippen molar-refractivity contribution in [3.05, 3.63) is 39.9 Å². The molecule has 0 spiro atoms. The predicted molar refractivity (Wildman–Crippen MR) is 89.4 cm³/mol. The Labute approximate surface area is 150 Å². The Balaban J connectivity index is 3.43. The fourth-order valence-corrected chi connectivity index (χ4v) is 2.59. The van der Waals surface area contributed by atoms with Crippen LogP contribution in [0.4, 0.5) is 0 Å². The first kappa shape index (κ1) is 20.7. The monoisotopic (exact) mass is 373 g/mol. The number of hydrogen-bond acceptors (Lipinski definition) is 7. The molecule has 0 bridgehead atoms. The third-order valence-corrected chi connectivity index (χ3v) is 4.05. The Hall–Kier alpha value is -2.35. The van der Waals surface area contributed by atoms with Crippen LogP contribution in [-0.2, 0) is 19.1 Å². The van der Waals surface area contributed by atoms with Gasteiger partial charge in [0, 0.05) is 4.92 Å². The number of methoxy groups -OCH3 is 1. The first-order valence-electron chi connectivity index (χ1n) is 7.60. The third kappa shape index (κ3) is 4.82. The molecular formula is C16H20ClNO7. The summed E-state index contributed by atoms with van der Waals surface area (Å²) in [4.78, 5) is 32.9. The van der Waals surface area contributed by atoms with Gasteiger partial charge in [-0.25, -0.2) is 9.59 Å². The molecule has 0 unspecified atom stereocenters. The van der Waals surface area contributed by atoms with Gasteiger partial charge in [-0.05, 0) is 31.5 Å². The highest BCUT2D eigenvalue weighted by Crippen LogP contribution is 2.38. The highest BCUT2D eigenvalue weighted by Gasteiger charge is 2.56. The summed E-state index contributed by atoms with van der Waals surface area (Å²) in [6, 6.07) is 6.11. The van der Waals surface area contributed by atoms with Crippen molar-refractivity contribution in [3.8, 4) is 5.75 Å². The van der Waals surface area contributed by atoms with Crippen LogP contribution >= 0.6 is 11.6 Å². The van der Waals surface area contributed by atoms with Crippen LogP contribution in [0.15, 0.2) is 24.3 Å². The number of carbonyl (C=O) groups is 2. The Bertz CT molecular complexity index is 599. The summed E-state index contributed by atoms with van der Waals surface area (Å²) in [5.74, 6) is -2.94. The van der Waals surface area contributed by atoms with Gasteiger partial charge in [-0.15, -0.1) is 0 Å². The third-order valence-electron chi connectivity index (χ3n) is 3.47. The van der Waals surface area contributed by atoms with Gasteiger partial charge in [0.15, 0.2) is 0 Å². The standard InChI is InChI=1S/C16H20ClNO7/c1-4-24-14(19)16(17,15(20)25-5-2)13(10-18(21)22)11-6-8-12(23-3)9-7-11/h6-9,13H,4-5,10H2,1-3H3/t13-/m1/s1. The number of halogens is 1. The van der Waals surface area contributed by atoms with E-state index in [1.165, 1.54) is 33.1 Å². The lowest BCUT2D eigenvalue weighted by atomic mass is 9.84. The van der Waals surface area contributed by atoms with Crippen molar-refractivity contribution < 1.29 is 28.7 Å². The number of esters is 2. The second-order valence-corrected chi connectivity index (χ2v) is 5.59. The van der Waals surface area contributed by atoms with Crippen LogP contribution in [0.2, 0.25) is 0 Å². The van der Waals surface area contributed by atoms with Crippen LogP contribution in [0.1, 0.15) is 25.3 Å². The van der Waals surface area contributed by atoms with Gasteiger partial charge in [0.2, 0.25) is 6.54 Å². The van der Waals surface area contributed by atoms with Crippen LogP contribution in [-0.4, -0.2) is 48.6 Å². The molecule has 0 fully saturated rings. The molecule has 0 aliphatic heterocycles. The highest BCUT2D eigenvalue weighted by atomic mass is 35.5. The minimum Gasteiger partial charge on any atom is -0.497 e. The van der Waals surface area contributed by atoms with Crippen molar-refractivity contribution in [1.29, 1.82) is 0 Å². The molecule has 0 saturated heterocycles. The van der Waals surface area contributed by atoms with Crippen molar-refractivity contribution in [2.45, 2.75) is 24.6 Å². The van der Waals surface area contributed by atoms with Gasteiger partial charge in [0.05, 0.1) is 26.2 Å². The van der Waals surface area contributed by atoms with Gasteiger partial charge in [0.25, 0.3) is 4.87 Å². The number of nitrogens with zero attached hydrogens (tertiary/aromatic N) is 1. The summed E-state index contributed by atoms with van der Waals surface area (Å²) >= 11 is 6.33. The average molecular weight is 374 g/mol. The Morgan fingerprint density at radius 1 is 1.16 bits per heavy atom. The Morgan fingerprint density at radius 3 is 2.00 bits per heavy atom. The molecule has 138 valence electrons. The minimum atomic E-state index is -2.37. The largest absolute Gasteiger partial charge is 0.497 e. The van der Waals surface area contributed by atoms with E-state index in [1.54, 1.807) is 12.1 Å². The van der Waals surface area contributed by atoms with Gasteiger partial charge < -0.3 is 14.2 Å². The van der Waals surface area contributed by atoms with Crippen LogP contribution in [0, 0.1) is 10.1 Å². The Morgan fingerprint density at radius 2 is 1.64 bits per heavy atom. The van der Waals surface area contributed by atoms with E-state index in [0.717, 1.165) is 0 Å². The molecule has 25 heavy (non-hydrogen) atoms. The smallest absolute Gasteiger partial charge is 0.339 e. The van der Waals surface area contributed by atoms with E-state index in [1.807, 2.05) is 0 Å². The quantitative estimate of drug-likeness (QED) is 0.215. The molecular weight excluding hydrogens is 354 g/mol. The number of ether oxygens (including phenoxy) is 3. The number of nitro groups is 1. The summed E-state index contributed by atoms with van der Waals surface area (Å²) in [6.45, 7) is 2.24. The summed E-state index contributed by atoms with van der Waals surface area (Å²) in [7, 11) is 1.46. The molecule has 0 amide bonds. The van der Waals surface area contributed by atoms with E-state index >= 15 is 0 Å². The fourth-order valence-electron chi connectivity index (χ4n) is 2.29. The number of hydrogen-bond donors (Lipinski definition) is 0. The van der Waals surface area contributed by atoms with Gasteiger partial charge >= 0.3 is 11.9 Å². The van der Waals surface area contributed by atoms with Gasteiger partial charge in [-0.3, -0.25) is 10.1 Å². The van der Waals surface area contributed by atoms with Crippen molar-refractivity contribution in [2.75, 3.05) is 26.9 Å². The van der Waals surface area contributed by atoms with Gasteiger partial charge in [-0.2, -0.15) is 0 Å². The molecule has 1 aromatic rings. The summed E-state index contributed by atoms with van der Waals surface area (Å²) < 4.78 is 14.8. The van der Waals surface area contributed by atoms with E-state index in [-0.39, 0.29) is 13.2 Å². The van der Waals surface area contributed by atoms with Crippen molar-refractivity contribution >= 4 is 23.5 Å². The van der Waals surface area contributed by atoms with Crippen LogP contribution in [0.5, 0.6) is 5.75 Å². The van der Waals surface area contributed by atoms with Crippen molar-refractivity contribution in [1.82, 2.24) is 0 Å². The maximum absolute atomic E-state index is 12.4. The zero-order chi connectivity index (χ0) is 19.0. The van der Waals surface area contributed by atoms with Gasteiger partial charge in [0.1, 0.15) is 5.75 Å². The summed E-state index contributed by atoms with van der Waals surface area (Å²) in [5, 5.41) is 11.1. The molecule has 9 heteroatoms. The average Bonchev–Trinajstić information content (AvgIpc) is 2.59. The Kier molecular flexibility index (Phi) is 7.63. The first-order valence-corrected chi connectivity index (χ1v) is 7.98. The van der Waals surface area contributed by atoms with E-state index in [4.69, 9.17) is 25.8 Å². The molecule has 1 aromatic carbocycles. The van der Waals surface area contributed by atoms with Crippen LogP contribution < -0.4 is 4.74 Å². The predicted octanol–water partition coefficient (Wildman–Crippen LogP) is 2.16. The second-order valence-electron chi connectivity index (χ2n) is 4.99. The number of alkyl halides is 1. The number of benzene rings is 1. The minimum absolute atomic E-state index is 0.0412. The van der Waals surface area contributed by atoms with E-state index in [2.05, 4.69) is 0 Å². The molecule has 1 rings (SSSR count). The van der Waals surface area contributed by atoms with E-state index < -0.39 is 34.2 Å². The normalized spacial score (nSPS) is 12.2. The molecule has 0 saturated carbocycles. The zero-order valence-corrected chi connectivity index (χ0v) is 14.9. The maximum Gasteiger partial charge on any atom is 0.339 e. The summed E-state index contributed by atoms with van der Waals surface area (Å²) in [5.41, 5.74) is 0.314. The molecule has 0 N–H and O–H groups in total. The lowest BCUT2D eigenvalue weighted by Crippen LogP contribution is -2.50. The molecule has 1 atom stereocenters.